The Morgan fingerprint density at radius 2 is 2.16 bits per heavy atom. The minimum absolute atomic E-state index is 0.120. The third-order valence-electron chi connectivity index (χ3n) is 2.70. The first kappa shape index (κ1) is 14.0. The van der Waals surface area contributed by atoms with Crippen molar-refractivity contribution in [3.8, 4) is 17.2 Å². The van der Waals surface area contributed by atoms with Crippen LogP contribution in [-0.4, -0.2) is 40.9 Å². The summed E-state index contributed by atoms with van der Waals surface area (Å²) in [5.74, 6) is 2.01. The maximum absolute atomic E-state index is 11.0. The van der Waals surface area contributed by atoms with Crippen molar-refractivity contribution in [3.05, 3.63) is 17.7 Å². The van der Waals surface area contributed by atoms with Crippen molar-refractivity contribution in [2.45, 2.75) is 6.54 Å². The summed E-state index contributed by atoms with van der Waals surface area (Å²) in [6.07, 6.45) is 1.22. The van der Waals surface area contributed by atoms with E-state index in [1.165, 1.54) is 6.26 Å². The van der Waals surface area contributed by atoms with Crippen LogP contribution in [0.2, 0.25) is 0 Å². The van der Waals surface area contributed by atoms with E-state index in [2.05, 4.69) is 5.32 Å². The van der Waals surface area contributed by atoms with Gasteiger partial charge in [-0.1, -0.05) is 0 Å². The molecule has 1 N–H and O–H groups in total. The van der Waals surface area contributed by atoms with Gasteiger partial charge in [0.1, 0.15) is 9.84 Å². The molecule has 1 aliphatic heterocycles. The summed E-state index contributed by atoms with van der Waals surface area (Å²) in [4.78, 5) is 0. The average Bonchev–Trinajstić information content (AvgIpc) is 2.80. The Bertz CT molecular complexity index is 555. The highest BCUT2D eigenvalue weighted by atomic mass is 32.2. The summed E-state index contributed by atoms with van der Waals surface area (Å²) in [6, 6.07) is 3.71. The molecule has 0 radical (unpaired) electrons. The van der Waals surface area contributed by atoms with Gasteiger partial charge in [-0.2, -0.15) is 0 Å². The van der Waals surface area contributed by atoms with Crippen LogP contribution in [0.1, 0.15) is 5.56 Å². The molecule has 0 aromatic heterocycles. The Kier molecular flexibility index (Phi) is 4.16. The first-order valence-corrected chi connectivity index (χ1v) is 7.90. The van der Waals surface area contributed by atoms with Crippen molar-refractivity contribution in [2.24, 2.45) is 0 Å². The Labute approximate surface area is 112 Å². The minimum Gasteiger partial charge on any atom is -0.493 e. The highest BCUT2D eigenvalue weighted by molar-refractivity contribution is 7.90. The Morgan fingerprint density at radius 1 is 1.37 bits per heavy atom. The molecule has 0 fully saturated rings. The van der Waals surface area contributed by atoms with E-state index in [1.807, 2.05) is 12.1 Å². The normalized spacial score (nSPS) is 13.6. The molecule has 1 heterocycles. The van der Waals surface area contributed by atoms with Crippen LogP contribution in [0.4, 0.5) is 0 Å². The number of sulfone groups is 1. The van der Waals surface area contributed by atoms with Crippen molar-refractivity contribution in [1.29, 1.82) is 0 Å². The molecule has 106 valence electrons. The fraction of sp³-hybridized carbons (Fsp3) is 0.500. The van der Waals surface area contributed by atoms with Crippen molar-refractivity contribution in [1.82, 2.24) is 5.32 Å². The summed E-state index contributed by atoms with van der Waals surface area (Å²) in [5, 5.41) is 3.07. The number of rotatable bonds is 6. The van der Waals surface area contributed by atoms with E-state index < -0.39 is 9.84 Å². The fourth-order valence-corrected chi connectivity index (χ4v) is 2.29. The predicted octanol–water partition coefficient (Wildman–Crippen LogP) is 0.558. The Morgan fingerprint density at radius 3 is 2.84 bits per heavy atom. The van der Waals surface area contributed by atoms with Crippen molar-refractivity contribution in [3.63, 3.8) is 0 Å². The molecule has 0 saturated carbocycles. The number of hydrogen-bond donors (Lipinski definition) is 1. The fourth-order valence-electron chi connectivity index (χ4n) is 1.78. The standard InChI is InChI=1S/C12H17NO5S/c1-16-10-5-9(6-11-12(10)18-8-17-11)7-13-3-4-19(2,14)15/h5-6,13H,3-4,7-8H2,1-2H3. The monoisotopic (exact) mass is 287 g/mol. The lowest BCUT2D eigenvalue weighted by molar-refractivity contribution is 0.171. The number of methoxy groups -OCH3 is 1. The molecule has 0 aliphatic carbocycles. The van der Waals surface area contributed by atoms with Crippen LogP contribution in [0.15, 0.2) is 12.1 Å². The second-order valence-corrected chi connectivity index (χ2v) is 6.60. The molecule has 6 nitrogen and oxygen atoms in total. The van der Waals surface area contributed by atoms with Crippen LogP contribution in [-0.2, 0) is 16.4 Å². The summed E-state index contributed by atoms with van der Waals surface area (Å²) in [5.41, 5.74) is 0.953. The van der Waals surface area contributed by atoms with E-state index >= 15 is 0 Å². The Hall–Kier alpha value is -1.47. The number of hydrogen-bond acceptors (Lipinski definition) is 6. The molecule has 1 aromatic carbocycles. The number of benzene rings is 1. The molecule has 0 spiro atoms. The van der Waals surface area contributed by atoms with E-state index in [4.69, 9.17) is 14.2 Å². The van der Waals surface area contributed by atoms with Crippen LogP contribution in [0.3, 0.4) is 0 Å². The van der Waals surface area contributed by atoms with Gasteiger partial charge in [-0.15, -0.1) is 0 Å². The lowest BCUT2D eigenvalue weighted by Crippen LogP contribution is -2.21. The zero-order valence-electron chi connectivity index (χ0n) is 10.9. The van der Waals surface area contributed by atoms with Gasteiger partial charge >= 0.3 is 0 Å². The molecule has 0 amide bonds. The number of fused-ring (bicyclic) bond motifs is 1. The number of nitrogens with one attached hydrogen (secondary N) is 1. The summed E-state index contributed by atoms with van der Waals surface area (Å²) in [7, 11) is -1.37. The number of ether oxygens (including phenoxy) is 3. The average molecular weight is 287 g/mol. The van der Waals surface area contributed by atoms with Gasteiger partial charge in [-0.3, -0.25) is 0 Å². The topological polar surface area (TPSA) is 73.9 Å². The lowest BCUT2D eigenvalue weighted by Gasteiger charge is -2.09. The molecular formula is C12H17NO5S. The van der Waals surface area contributed by atoms with Gasteiger partial charge in [0.25, 0.3) is 0 Å². The van der Waals surface area contributed by atoms with Gasteiger partial charge in [0.05, 0.1) is 12.9 Å². The van der Waals surface area contributed by atoms with Crippen molar-refractivity contribution in [2.75, 3.05) is 32.5 Å². The first-order valence-electron chi connectivity index (χ1n) is 5.84. The van der Waals surface area contributed by atoms with E-state index in [0.717, 1.165) is 5.56 Å². The summed E-state index contributed by atoms with van der Waals surface area (Å²) >= 11 is 0. The van der Waals surface area contributed by atoms with Crippen molar-refractivity contribution >= 4 is 9.84 Å². The summed E-state index contributed by atoms with van der Waals surface area (Å²) < 4.78 is 37.8. The molecular weight excluding hydrogens is 270 g/mol. The third-order valence-corrected chi connectivity index (χ3v) is 3.64. The maximum atomic E-state index is 11.0. The second kappa shape index (κ2) is 5.66. The highest BCUT2D eigenvalue weighted by Gasteiger charge is 2.19. The summed E-state index contributed by atoms with van der Waals surface area (Å²) in [6.45, 7) is 1.15. The molecule has 0 unspecified atom stereocenters. The largest absolute Gasteiger partial charge is 0.493 e. The molecule has 0 bridgehead atoms. The smallest absolute Gasteiger partial charge is 0.231 e. The van der Waals surface area contributed by atoms with Crippen LogP contribution >= 0.6 is 0 Å². The van der Waals surface area contributed by atoms with Gasteiger partial charge in [0.15, 0.2) is 11.5 Å². The van der Waals surface area contributed by atoms with Gasteiger partial charge in [0.2, 0.25) is 12.5 Å². The van der Waals surface area contributed by atoms with Crippen molar-refractivity contribution < 1.29 is 22.6 Å². The molecule has 0 saturated heterocycles. The van der Waals surface area contributed by atoms with Crippen LogP contribution in [0.25, 0.3) is 0 Å². The van der Waals surface area contributed by atoms with Gasteiger partial charge in [0, 0.05) is 19.3 Å². The zero-order chi connectivity index (χ0) is 13.9. The predicted molar refractivity (Wildman–Crippen MR) is 70.5 cm³/mol. The highest BCUT2D eigenvalue weighted by Crippen LogP contribution is 2.41. The van der Waals surface area contributed by atoms with E-state index in [-0.39, 0.29) is 12.5 Å². The molecule has 1 aliphatic rings. The lowest BCUT2D eigenvalue weighted by atomic mass is 10.2. The van der Waals surface area contributed by atoms with Crippen LogP contribution < -0.4 is 19.5 Å². The third kappa shape index (κ3) is 3.74. The van der Waals surface area contributed by atoms with Gasteiger partial charge in [-0.25, -0.2) is 8.42 Å². The van der Waals surface area contributed by atoms with Crippen LogP contribution in [0, 0.1) is 0 Å². The van der Waals surface area contributed by atoms with E-state index in [9.17, 15) is 8.42 Å². The van der Waals surface area contributed by atoms with Gasteiger partial charge in [-0.05, 0) is 17.7 Å². The minimum atomic E-state index is -2.93. The second-order valence-electron chi connectivity index (χ2n) is 4.34. The maximum Gasteiger partial charge on any atom is 0.231 e. The zero-order valence-corrected chi connectivity index (χ0v) is 11.7. The first-order chi connectivity index (χ1) is 8.99. The molecule has 19 heavy (non-hydrogen) atoms. The quantitative estimate of drug-likeness (QED) is 0.771. The SMILES string of the molecule is COc1cc(CNCCS(C)(=O)=O)cc2c1OCO2. The molecule has 1 aromatic rings. The van der Waals surface area contributed by atoms with Crippen LogP contribution in [0.5, 0.6) is 17.2 Å². The molecule has 7 heteroatoms. The Balaban J connectivity index is 1.98. The molecule has 0 atom stereocenters. The van der Waals surface area contributed by atoms with E-state index in [1.54, 1.807) is 7.11 Å². The van der Waals surface area contributed by atoms with Gasteiger partial charge < -0.3 is 19.5 Å². The van der Waals surface area contributed by atoms with E-state index in [0.29, 0.717) is 30.3 Å². The molecule has 2 rings (SSSR count).